The Bertz CT molecular complexity index is 782. The van der Waals surface area contributed by atoms with E-state index in [4.69, 9.17) is 0 Å². The predicted octanol–water partition coefficient (Wildman–Crippen LogP) is 3.60. The normalized spacial score (nSPS) is 10.8. The molecule has 108 valence electrons. The van der Waals surface area contributed by atoms with Crippen LogP contribution in [0.3, 0.4) is 0 Å². The maximum atomic E-state index is 4.51. The number of aromatic nitrogens is 4. The Kier molecular flexibility index (Phi) is 3.74. The number of fused-ring (bicyclic) bond motifs is 1. The second-order valence-electron chi connectivity index (χ2n) is 4.67. The van der Waals surface area contributed by atoms with Gasteiger partial charge in [-0.15, -0.1) is 0 Å². The van der Waals surface area contributed by atoms with Gasteiger partial charge in [0.2, 0.25) is 5.95 Å². The van der Waals surface area contributed by atoms with Crippen LogP contribution in [-0.2, 0) is 0 Å². The molecule has 0 saturated carbocycles. The fourth-order valence-electron chi connectivity index (χ4n) is 2.03. The van der Waals surface area contributed by atoms with Crippen molar-refractivity contribution in [1.82, 2.24) is 20.2 Å². The topological polar surface area (TPSA) is 78.5 Å². The lowest BCUT2D eigenvalue weighted by atomic mass is 10.2. The average Bonchev–Trinajstić information content (AvgIpc) is 2.92. The molecule has 1 aromatic carbocycles. The van der Waals surface area contributed by atoms with Gasteiger partial charge in [0.1, 0.15) is 5.82 Å². The molecule has 3 rings (SSSR count). The summed E-state index contributed by atoms with van der Waals surface area (Å²) in [6.07, 6.45) is 1.72. The molecular weight excluding hydrogens is 332 g/mol. The quantitative estimate of drug-likeness (QED) is 0.672. The zero-order chi connectivity index (χ0) is 14.8. The summed E-state index contributed by atoms with van der Waals surface area (Å²) in [6.45, 7) is 4.81. The molecule has 0 aliphatic heterocycles. The maximum Gasteiger partial charge on any atom is 0.226 e. The van der Waals surface area contributed by atoms with Crippen molar-refractivity contribution in [3.8, 4) is 0 Å². The van der Waals surface area contributed by atoms with Crippen LogP contribution in [0.25, 0.3) is 11.0 Å². The Balaban J connectivity index is 2.06. The summed E-state index contributed by atoms with van der Waals surface area (Å²) in [5.74, 6) is 1.29. The molecule has 0 saturated heterocycles. The fraction of sp³-hybridized carbons (Fsp3) is 0.214. The molecule has 0 bridgehead atoms. The Hall–Kier alpha value is -2.15. The summed E-state index contributed by atoms with van der Waals surface area (Å²) in [5, 5.41) is 14.2. The van der Waals surface area contributed by atoms with Gasteiger partial charge >= 0.3 is 0 Å². The summed E-state index contributed by atoms with van der Waals surface area (Å²) < 4.78 is 0.980. The van der Waals surface area contributed by atoms with Gasteiger partial charge in [0.05, 0.1) is 17.3 Å². The van der Waals surface area contributed by atoms with E-state index in [-0.39, 0.29) is 0 Å². The van der Waals surface area contributed by atoms with E-state index in [9.17, 15) is 0 Å². The van der Waals surface area contributed by atoms with Crippen LogP contribution in [0.15, 0.2) is 28.9 Å². The Morgan fingerprint density at radius 3 is 2.95 bits per heavy atom. The fourth-order valence-corrected chi connectivity index (χ4v) is 2.38. The Labute approximate surface area is 130 Å². The van der Waals surface area contributed by atoms with Gasteiger partial charge < -0.3 is 10.6 Å². The Morgan fingerprint density at radius 1 is 1.29 bits per heavy atom. The van der Waals surface area contributed by atoms with Gasteiger partial charge in [-0.3, -0.25) is 5.10 Å². The first-order chi connectivity index (χ1) is 10.2. The van der Waals surface area contributed by atoms with E-state index in [1.165, 1.54) is 5.56 Å². The number of nitrogens with zero attached hydrogens (tertiary/aromatic N) is 3. The van der Waals surface area contributed by atoms with Crippen molar-refractivity contribution in [2.75, 3.05) is 17.2 Å². The van der Waals surface area contributed by atoms with E-state index in [2.05, 4.69) is 59.7 Å². The molecule has 0 fully saturated rings. The number of benzene rings is 1. The summed E-state index contributed by atoms with van der Waals surface area (Å²) in [7, 11) is 0. The van der Waals surface area contributed by atoms with Crippen molar-refractivity contribution in [2.24, 2.45) is 0 Å². The van der Waals surface area contributed by atoms with E-state index in [1.807, 2.05) is 19.1 Å². The van der Waals surface area contributed by atoms with Crippen LogP contribution in [0.2, 0.25) is 0 Å². The minimum Gasteiger partial charge on any atom is -0.354 e. The van der Waals surface area contributed by atoms with Crippen LogP contribution in [0.1, 0.15) is 12.5 Å². The lowest BCUT2D eigenvalue weighted by Gasteiger charge is -2.11. The van der Waals surface area contributed by atoms with E-state index in [0.717, 1.165) is 27.9 Å². The number of nitrogens with one attached hydrogen (secondary N) is 3. The van der Waals surface area contributed by atoms with Crippen molar-refractivity contribution in [1.29, 1.82) is 0 Å². The minimum absolute atomic E-state index is 0.570. The lowest BCUT2D eigenvalue weighted by molar-refractivity contribution is 1.07. The molecule has 0 atom stereocenters. The molecule has 0 aliphatic rings. The van der Waals surface area contributed by atoms with E-state index < -0.39 is 0 Å². The molecule has 0 unspecified atom stereocenters. The smallest absolute Gasteiger partial charge is 0.226 e. The monoisotopic (exact) mass is 346 g/mol. The van der Waals surface area contributed by atoms with Gasteiger partial charge in [-0.05, 0) is 47.5 Å². The molecule has 0 spiro atoms. The lowest BCUT2D eigenvalue weighted by Crippen LogP contribution is -2.05. The van der Waals surface area contributed by atoms with Crippen LogP contribution >= 0.6 is 15.9 Å². The first-order valence-corrected chi connectivity index (χ1v) is 7.45. The summed E-state index contributed by atoms with van der Waals surface area (Å²) >= 11 is 3.55. The van der Waals surface area contributed by atoms with Crippen LogP contribution in [0.4, 0.5) is 17.5 Å². The van der Waals surface area contributed by atoms with Crippen molar-refractivity contribution in [2.45, 2.75) is 13.8 Å². The van der Waals surface area contributed by atoms with Crippen LogP contribution in [0.5, 0.6) is 0 Å². The number of halogens is 1. The van der Waals surface area contributed by atoms with Gasteiger partial charge in [0.15, 0.2) is 5.65 Å². The largest absolute Gasteiger partial charge is 0.354 e. The van der Waals surface area contributed by atoms with Gasteiger partial charge in [0, 0.05) is 11.0 Å². The highest BCUT2D eigenvalue weighted by molar-refractivity contribution is 9.10. The van der Waals surface area contributed by atoms with Gasteiger partial charge in [-0.2, -0.15) is 15.1 Å². The highest BCUT2D eigenvalue weighted by Crippen LogP contribution is 2.29. The van der Waals surface area contributed by atoms with Gasteiger partial charge in [0.25, 0.3) is 0 Å². The third-order valence-electron chi connectivity index (χ3n) is 3.02. The molecular formula is C14H15BrN6. The zero-order valence-electron chi connectivity index (χ0n) is 11.7. The number of hydrogen-bond donors (Lipinski definition) is 3. The number of hydrogen-bond acceptors (Lipinski definition) is 5. The third kappa shape index (κ3) is 2.82. The Morgan fingerprint density at radius 2 is 2.14 bits per heavy atom. The number of rotatable bonds is 4. The van der Waals surface area contributed by atoms with Crippen LogP contribution in [-0.4, -0.2) is 26.7 Å². The predicted molar refractivity (Wildman–Crippen MR) is 88.0 cm³/mol. The van der Waals surface area contributed by atoms with E-state index >= 15 is 0 Å². The highest BCUT2D eigenvalue weighted by atomic mass is 79.9. The van der Waals surface area contributed by atoms with Gasteiger partial charge in [-0.1, -0.05) is 6.07 Å². The van der Waals surface area contributed by atoms with E-state index in [1.54, 1.807) is 6.20 Å². The molecule has 3 aromatic rings. The first-order valence-electron chi connectivity index (χ1n) is 6.65. The minimum atomic E-state index is 0.570. The third-order valence-corrected chi connectivity index (χ3v) is 3.71. The second kappa shape index (κ2) is 5.69. The molecule has 0 amide bonds. The van der Waals surface area contributed by atoms with E-state index in [0.29, 0.717) is 11.6 Å². The number of anilines is 3. The molecule has 0 aliphatic carbocycles. The van der Waals surface area contributed by atoms with Crippen molar-refractivity contribution in [3.05, 3.63) is 34.4 Å². The molecule has 0 radical (unpaired) electrons. The number of aryl methyl sites for hydroxylation is 1. The molecule has 3 N–H and O–H groups in total. The van der Waals surface area contributed by atoms with Crippen LogP contribution < -0.4 is 10.6 Å². The zero-order valence-corrected chi connectivity index (χ0v) is 13.3. The van der Waals surface area contributed by atoms with Crippen LogP contribution in [0, 0.1) is 6.92 Å². The standard InChI is InChI=1S/C14H15BrN6/c1-3-16-14-19-12(9-7-17-21-13(9)20-14)18-11-6-8(2)4-5-10(11)15/h4-7H,3H2,1-2H3,(H3,16,17,18,19,20,21). The molecule has 2 heterocycles. The van der Waals surface area contributed by atoms with Crippen molar-refractivity contribution >= 4 is 44.4 Å². The maximum absolute atomic E-state index is 4.51. The SMILES string of the molecule is CCNc1nc(Nc2cc(C)ccc2Br)c2cn[nH]c2n1. The average molecular weight is 347 g/mol. The summed E-state index contributed by atoms with van der Waals surface area (Å²) in [4.78, 5) is 8.89. The highest BCUT2D eigenvalue weighted by Gasteiger charge is 2.10. The molecule has 6 nitrogen and oxygen atoms in total. The first kappa shape index (κ1) is 13.8. The summed E-state index contributed by atoms with van der Waals surface area (Å²) in [5.41, 5.74) is 2.83. The summed E-state index contributed by atoms with van der Waals surface area (Å²) in [6, 6.07) is 6.12. The molecule has 7 heteroatoms. The van der Waals surface area contributed by atoms with Crippen molar-refractivity contribution < 1.29 is 0 Å². The number of aromatic amines is 1. The number of H-pyrrole nitrogens is 1. The van der Waals surface area contributed by atoms with Gasteiger partial charge in [-0.25, -0.2) is 0 Å². The molecule has 2 aromatic heterocycles. The second-order valence-corrected chi connectivity index (χ2v) is 5.52. The van der Waals surface area contributed by atoms with Crippen molar-refractivity contribution in [3.63, 3.8) is 0 Å². The molecule has 21 heavy (non-hydrogen) atoms.